The molecule has 0 heterocycles. The van der Waals surface area contributed by atoms with Crippen LogP contribution in [0, 0.1) is 17.2 Å². The smallest absolute Gasteiger partial charge is 0.321 e. The van der Waals surface area contributed by atoms with Gasteiger partial charge >= 0.3 is 6.03 Å². The molecule has 2 atom stereocenters. The second-order valence-electron chi connectivity index (χ2n) is 5.61. The van der Waals surface area contributed by atoms with Crippen LogP contribution in [0.25, 0.3) is 0 Å². The van der Waals surface area contributed by atoms with E-state index in [0.29, 0.717) is 17.8 Å². The zero-order valence-corrected chi connectivity index (χ0v) is 12.2. The molecule has 0 radical (unpaired) electrons. The fourth-order valence-electron chi connectivity index (χ4n) is 2.68. The van der Waals surface area contributed by atoms with Crippen LogP contribution >= 0.6 is 0 Å². The van der Waals surface area contributed by atoms with E-state index in [4.69, 9.17) is 5.26 Å². The average Bonchev–Trinajstić information content (AvgIpc) is 2.50. The molecule has 0 aliphatic heterocycles. The van der Waals surface area contributed by atoms with Crippen LogP contribution in [-0.2, 0) is 0 Å². The Balaban J connectivity index is 1.88. The highest BCUT2D eigenvalue weighted by atomic mass is 16.3. The maximum Gasteiger partial charge on any atom is 0.321 e. The molecule has 1 aliphatic carbocycles. The molecule has 1 aromatic carbocycles. The molecule has 0 spiro atoms. The summed E-state index contributed by atoms with van der Waals surface area (Å²) in [5.74, 6) is 0.162. The highest BCUT2D eigenvalue weighted by Crippen LogP contribution is 2.25. The average molecular weight is 287 g/mol. The van der Waals surface area contributed by atoms with Gasteiger partial charge in [0.15, 0.2) is 0 Å². The van der Waals surface area contributed by atoms with E-state index in [9.17, 15) is 9.90 Å². The fraction of sp³-hybridized carbons (Fsp3) is 0.500. The van der Waals surface area contributed by atoms with Crippen molar-refractivity contribution >= 4 is 11.7 Å². The van der Waals surface area contributed by atoms with E-state index in [-0.39, 0.29) is 18.1 Å². The number of aliphatic hydroxyl groups is 1. The van der Waals surface area contributed by atoms with Crippen LogP contribution in [0.4, 0.5) is 10.5 Å². The molecule has 2 N–H and O–H groups in total. The Kier molecular flexibility index (Phi) is 5.18. The normalized spacial score (nSPS) is 21.4. The van der Waals surface area contributed by atoms with Crippen LogP contribution in [0.1, 0.15) is 31.2 Å². The number of carbonyl (C=O) groups is 1. The van der Waals surface area contributed by atoms with Crippen LogP contribution < -0.4 is 5.32 Å². The number of hydrogen-bond donors (Lipinski definition) is 2. The first-order chi connectivity index (χ1) is 10.1. The van der Waals surface area contributed by atoms with Gasteiger partial charge in [0.2, 0.25) is 0 Å². The number of amides is 2. The topological polar surface area (TPSA) is 76.4 Å². The Morgan fingerprint density at radius 3 is 2.67 bits per heavy atom. The van der Waals surface area contributed by atoms with Gasteiger partial charge in [-0.15, -0.1) is 0 Å². The maximum atomic E-state index is 12.1. The molecule has 112 valence electrons. The molecule has 0 bridgehead atoms. The van der Waals surface area contributed by atoms with Gasteiger partial charge in [-0.2, -0.15) is 5.26 Å². The summed E-state index contributed by atoms with van der Waals surface area (Å²) >= 11 is 0. The van der Waals surface area contributed by atoms with E-state index in [1.165, 1.54) is 0 Å². The second-order valence-corrected chi connectivity index (χ2v) is 5.61. The molecule has 0 aromatic heterocycles. The van der Waals surface area contributed by atoms with Gasteiger partial charge in [-0.25, -0.2) is 4.79 Å². The summed E-state index contributed by atoms with van der Waals surface area (Å²) in [6.07, 6.45) is 3.68. The molecule has 2 rings (SSSR count). The minimum absolute atomic E-state index is 0.162. The number of rotatable bonds is 3. The van der Waals surface area contributed by atoms with Crippen LogP contribution in [0.2, 0.25) is 0 Å². The lowest BCUT2D eigenvalue weighted by Gasteiger charge is -2.31. The largest absolute Gasteiger partial charge is 0.393 e. The molecule has 5 nitrogen and oxygen atoms in total. The third-order valence-corrected chi connectivity index (χ3v) is 3.99. The van der Waals surface area contributed by atoms with Crippen molar-refractivity contribution in [2.75, 3.05) is 18.9 Å². The number of nitrogens with one attached hydrogen (secondary N) is 1. The van der Waals surface area contributed by atoms with E-state index >= 15 is 0 Å². The van der Waals surface area contributed by atoms with Crippen LogP contribution in [0.3, 0.4) is 0 Å². The summed E-state index contributed by atoms with van der Waals surface area (Å²) in [4.78, 5) is 13.7. The Labute approximate surface area is 125 Å². The van der Waals surface area contributed by atoms with Gasteiger partial charge in [-0.05, 0) is 37.1 Å². The summed E-state index contributed by atoms with van der Waals surface area (Å²) < 4.78 is 0. The van der Waals surface area contributed by atoms with Crippen molar-refractivity contribution in [1.82, 2.24) is 4.90 Å². The minimum Gasteiger partial charge on any atom is -0.393 e. The van der Waals surface area contributed by atoms with Crippen molar-refractivity contribution in [3.8, 4) is 6.07 Å². The first kappa shape index (κ1) is 15.3. The fourth-order valence-corrected chi connectivity index (χ4v) is 2.68. The predicted octanol–water partition coefficient (Wildman–Crippen LogP) is 2.57. The molecule has 1 aliphatic rings. The SMILES string of the molecule is CN(CC1CCCCC1O)C(=O)Nc1ccc(C#N)cc1. The molecule has 1 saturated carbocycles. The molecular formula is C16H21N3O2. The lowest BCUT2D eigenvalue weighted by atomic mass is 9.86. The number of benzene rings is 1. The van der Waals surface area contributed by atoms with Crippen LogP contribution in [0.5, 0.6) is 0 Å². The third kappa shape index (κ3) is 4.20. The summed E-state index contributed by atoms with van der Waals surface area (Å²) in [7, 11) is 1.74. The van der Waals surface area contributed by atoms with E-state index in [2.05, 4.69) is 5.32 Å². The van der Waals surface area contributed by atoms with Crippen molar-refractivity contribution in [3.05, 3.63) is 29.8 Å². The molecule has 1 aromatic rings. The molecule has 1 fully saturated rings. The monoisotopic (exact) mass is 287 g/mol. The third-order valence-electron chi connectivity index (χ3n) is 3.99. The summed E-state index contributed by atoms with van der Waals surface area (Å²) in [6, 6.07) is 8.59. The van der Waals surface area contributed by atoms with Crippen molar-refractivity contribution in [1.29, 1.82) is 5.26 Å². The summed E-state index contributed by atoms with van der Waals surface area (Å²) in [5.41, 5.74) is 1.22. The molecule has 0 saturated heterocycles. The molecule has 2 amide bonds. The van der Waals surface area contributed by atoms with Crippen LogP contribution in [0.15, 0.2) is 24.3 Å². The standard InChI is InChI=1S/C16H21N3O2/c1-19(11-13-4-2-3-5-15(13)20)16(21)18-14-8-6-12(10-17)7-9-14/h6-9,13,15,20H,2-5,11H2,1H3,(H,18,21). The quantitative estimate of drug-likeness (QED) is 0.897. The minimum atomic E-state index is -0.302. The van der Waals surface area contributed by atoms with Gasteiger partial charge in [0.05, 0.1) is 17.7 Å². The van der Waals surface area contributed by atoms with Crippen molar-refractivity contribution in [2.45, 2.75) is 31.8 Å². The zero-order valence-electron chi connectivity index (χ0n) is 12.2. The van der Waals surface area contributed by atoms with Crippen molar-refractivity contribution in [3.63, 3.8) is 0 Å². The number of hydrogen-bond acceptors (Lipinski definition) is 3. The number of nitrogens with zero attached hydrogens (tertiary/aromatic N) is 2. The van der Waals surface area contributed by atoms with Gasteiger partial charge < -0.3 is 15.3 Å². The zero-order chi connectivity index (χ0) is 15.2. The van der Waals surface area contributed by atoms with Gasteiger partial charge in [0, 0.05) is 25.2 Å². The van der Waals surface area contributed by atoms with Crippen LogP contribution in [-0.4, -0.2) is 35.7 Å². The first-order valence-electron chi connectivity index (χ1n) is 7.30. The highest BCUT2D eigenvalue weighted by Gasteiger charge is 2.25. The lowest BCUT2D eigenvalue weighted by molar-refractivity contribution is 0.0575. The number of aliphatic hydroxyl groups excluding tert-OH is 1. The number of urea groups is 1. The van der Waals surface area contributed by atoms with Gasteiger partial charge in [-0.3, -0.25) is 0 Å². The lowest BCUT2D eigenvalue weighted by Crippen LogP contribution is -2.40. The Bertz CT molecular complexity index is 521. The first-order valence-corrected chi connectivity index (χ1v) is 7.30. The van der Waals surface area contributed by atoms with E-state index in [1.54, 1.807) is 36.2 Å². The number of nitriles is 1. The highest BCUT2D eigenvalue weighted by molar-refractivity contribution is 5.89. The second kappa shape index (κ2) is 7.09. The molecular weight excluding hydrogens is 266 g/mol. The Hall–Kier alpha value is -2.06. The molecule has 21 heavy (non-hydrogen) atoms. The predicted molar refractivity (Wildman–Crippen MR) is 80.8 cm³/mol. The van der Waals surface area contributed by atoms with Crippen molar-refractivity contribution in [2.24, 2.45) is 5.92 Å². The molecule has 2 unspecified atom stereocenters. The Morgan fingerprint density at radius 1 is 1.38 bits per heavy atom. The summed E-state index contributed by atoms with van der Waals surface area (Å²) in [6.45, 7) is 0.559. The maximum absolute atomic E-state index is 12.1. The van der Waals surface area contributed by atoms with E-state index in [0.717, 1.165) is 25.7 Å². The number of carbonyl (C=O) groups excluding carboxylic acids is 1. The van der Waals surface area contributed by atoms with E-state index in [1.807, 2.05) is 6.07 Å². The van der Waals surface area contributed by atoms with E-state index < -0.39 is 0 Å². The molecule has 5 heteroatoms. The number of anilines is 1. The van der Waals surface area contributed by atoms with Crippen molar-refractivity contribution < 1.29 is 9.90 Å². The van der Waals surface area contributed by atoms with Gasteiger partial charge in [0.1, 0.15) is 0 Å². The van der Waals surface area contributed by atoms with Gasteiger partial charge in [0.25, 0.3) is 0 Å². The Morgan fingerprint density at radius 2 is 2.05 bits per heavy atom. The van der Waals surface area contributed by atoms with Gasteiger partial charge in [-0.1, -0.05) is 12.8 Å². The summed E-state index contributed by atoms with van der Waals surface area (Å²) in [5, 5.41) is 21.5.